The lowest BCUT2D eigenvalue weighted by molar-refractivity contribution is -0.138. The Morgan fingerprint density at radius 2 is 1.57 bits per heavy atom. The van der Waals surface area contributed by atoms with E-state index in [1.165, 1.54) is 0 Å². The predicted molar refractivity (Wildman–Crippen MR) is 177 cm³/mol. The molecule has 244 valence electrons. The van der Waals surface area contributed by atoms with Gasteiger partial charge < -0.3 is 20.3 Å². The Hall–Kier alpha value is -4.79. The minimum absolute atomic E-state index is 0.0396. The van der Waals surface area contributed by atoms with Gasteiger partial charge in [-0.3, -0.25) is 9.59 Å². The maximum atomic E-state index is 13.4. The van der Waals surface area contributed by atoms with Crippen molar-refractivity contribution in [1.82, 2.24) is 10.6 Å². The summed E-state index contributed by atoms with van der Waals surface area (Å²) in [7, 11) is 0. The highest BCUT2D eigenvalue weighted by molar-refractivity contribution is 5.98. The van der Waals surface area contributed by atoms with Gasteiger partial charge in [-0.25, -0.2) is 0 Å². The standard InChI is InChI=1S/C38H38F3N3O3/c1-2-3-13-30-32(19-18-29-27-14-7-8-15-28(27)35(34(29)30)37(46)42-24-38(39,40)41)44-22-20-25(21-23-44)43-36(45)31-16-9-10-17-33(31)47-26-11-5-4-6-12-26/h4-12,14-19,25,35H,2-3,13,20-24H2,1H3,(H,42,46)(H,43,45). The van der Waals surface area contributed by atoms with Crippen LogP contribution in [-0.4, -0.2) is 43.7 Å². The second-order valence-corrected chi connectivity index (χ2v) is 12.1. The van der Waals surface area contributed by atoms with Crippen molar-refractivity contribution >= 4 is 17.5 Å². The molecule has 2 aliphatic rings. The lowest BCUT2D eigenvalue weighted by atomic mass is 9.88. The van der Waals surface area contributed by atoms with Crippen molar-refractivity contribution in [2.45, 2.75) is 57.2 Å². The molecule has 2 amide bonds. The SMILES string of the molecule is CCCCc1c(N2CCC(NC(=O)c3ccccc3Oc3ccccc3)CC2)ccc2c1C(C(=O)NCC(F)(F)F)c1ccccc1-2. The monoisotopic (exact) mass is 641 g/mol. The summed E-state index contributed by atoms with van der Waals surface area (Å²) in [5.74, 6) is -0.507. The largest absolute Gasteiger partial charge is 0.457 e. The number of anilines is 1. The summed E-state index contributed by atoms with van der Waals surface area (Å²) in [5, 5.41) is 5.35. The molecule has 6 rings (SSSR count). The molecule has 9 heteroatoms. The Bertz CT molecular complexity index is 1730. The summed E-state index contributed by atoms with van der Waals surface area (Å²) in [6, 6.07) is 28.1. The third-order valence-electron chi connectivity index (χ3n) is 8.96. The average Bonchev–Trinajstić information content (AvgIpc) is 3.41. The number of carbonyl (C=O) groups excluding carboxylic acids is 2. The van der Waals surface area contributed by atoms with E-state index < -0.39 is 24.5 Å². The first-order chi connectivity index (χ1) is 22.7. The first-order valence-electron chi connectivity index (χ1n) is 16.2. The highest BCUT2D eigenvalue weighted by Crippen LogP contribution is 2.49. The Labute approximate surface area is 272 Å². The van der Waals surface area contributed by atoms with Crippen LogP contribution in [0.3, 0.4) is 0 Å². The van der Waals surface area contributed by atoms with Crippen molar-refractivity contribution < 1.29 is 27.5 Å². The van der Waals surface area contributed by atoms with Crippen LogP contribution in [0.1, 0.15) is 65.6 Å². The zero-order valence-electron chi connectivity index (χ0n) is 26.3. The van der Waals surface area contributed by atoms with E-state index in [0.717, 1.165) is 46.3 Å². The number of ether oxygens (including phenoxy) is 1. The van der Waals surface area contributed by atoms with Gasteiger partial charge in [0.1, 0.15) is 18.0 Å². The van der Waals surface area contributed by atoms with Crippen molar-refractivity contribution in [1.29, 1.82) is 0 Å². The molecule has 1 aliphatic heterocycles. The van der Waals surface area contributed by atoms with Crippen LogP contribution < -0.4 is 20.3 Å². The number of amides is 2. The number of nitrogens with one attached hydrogen (secondary N) is 2. The lowest BCUT2D eigenvalue weighted by Gasteiger charge is -2.36. The van der Waals surface area contributed by atoms with E-state index in [9.17, 15) is 22.8 Å². The van der Waals surface area contributed by atoms with Crippen LogP contribution in [0.4, 0.5) is 18.9 Å². The molecule has 0 aromatic heterocycles. The van der Waals surface area contributed by atoms with Gasteiger partial charge in [0.25, 0.3) is 5.91 Å². The predicted octanol–water partition coefficient (Wildman–Crippen LogP) is 8.01. The van der Waals surface area contributed by atoms with Crippen LogP contribution in [0.2, 0.25) is 0 Å². The number of benzene rings is 4. The van der Waals surface area contributed by atoms with Crippen molar-refractivity contribution in [3.8, 4) is 22.6 Å². The lowest BCUT2D eigenvalue weighted by Crippen LogP contribution is -2.45. The summed E-state index contributed by atoms with van der Waals surface area (Å²) in [6.45, 7) is 2.10. The molecule has 1 heterocycles. The van der Waals surface area contributed by atoms with Gasteiger partial charge in [0.2, 0.25) is 5.91 Å². The third-order valence-corrected chi connectivity index (χ3v) is 8.96. The Kier molecular flexibility index (Phi) is 9.52. The molecule has 0 bridgehead atoms. The molecule has 47 heavy (non-hydrogen) atoms. The van der Waals surface area contributed by atoms with Gasteiger partial charge in [0.15, 0.2) is 0 Å². The van der Waals surface area contributed by atoms with Gasteiger partial charge in [-0.05, 0) is 83.8 Å². The number of para-hydroxylation sites is 2. The summed E-state index contributed by atoms with van der Waals surface area (Å²) in [4.78, 5) is 29.1. The molecule has 1 fully saturated rings. The highest BCUT2D eigenvalue weighted by atomic mass is 19.4. The zero-order chi connectivity index (χ0) is 33.0. The van der Waals surface area contributed by atoms with Crippen molar-refractivity contribution in [3.63, 3.8) is 0 Å². The molecule has 0 radical (unpaired) electrons. The van der Waals surface area contributed by atoms with Gasteiger partial charge in [-0.2, -0.15) is 13.2 Å². The fourth-order valence-electron chi connectivity index (χ4n) is 6.73. The number of unbranched alkanes of at least 4 members (excludes halogenated alkanes) is 1. The van der Waals surface area contributed by atoms with E-state index >= 15 is 0 Å². The first kappa shape index (κ1) is 32.2. The first-order valence-corrected chi connectivity index (χ1v) is 16.2. The third kappa shape index (κ3) is 7.14. The van der Waals surface area contributed by atoms with Gasteiger partial charge in [-0.15, -0.1) is 0 Å². The number of nitrogens with zero attached hydrogens (tertiary/aromatic N) is 1. The molecule has 0 saturated carbocycles. The van der Waals surface area contributed by atoms with Crippen LogP contribution in [-0.2, 0) is 11.2 Å². The van der Waals surface area contributed by atoms with Gasteiger partial charge in [0, 0.05) is 24.8 Å². The van der Waals surface area contributed by atoms with Crippen LogP contribution >= 0.6 is 0 Å². The summed E-state index contributed by atoms with van der Waals surface area (Å²) in [6.07, 6.45) is -0.541. The van der Waals surface area contributed by atoms with E-state index in [1.807, 2.05) is 72.8 Å². The fraction of sp³-hybridized carbons (Fsp3) is 0.316. The molecule has 1 atom stereocenters. The van der Waals surface area contributed by atoms with E-state index in [-0.39, 0.29) is 11.9 Å². The quantitative estimate of drug-likeness (QED) is 0.184. The molecule has 2 N–H and O–H groups in total. The number of fused-ring (bicyclic) bond motifs is 3. The summed E-state index contributed by atoms with van der Waals surface area (Å²) < 4.78 is 45.3. The Balaban J connectivity index is 1.21. The van der Waals surface area contributed by atoms with E-state index in [1.54, 1.807) is 12.1 Å². The number of alkyl halides is 3. The average molecular weight is 642 g/mol. The van der Waals surface area contributed by atoms with E-state index in [2.05, 4.69) is 28.5 Å². The van der Waals surface area contributed by atoms with Gasteiger partial charge in [-0.1, -0.05) is 74.0 Å². The van der Waals surface area contributed by atoms with Crippen LogP contribution in [0, 0.1) is 0 Å². The second-order valence-electron chi connectivity index (χ2n) is 12.1. The molecular formula is C38H38F3N3O3. The smallest absolute Gasteiger partial charge is 0.405 e. The van der Waals surface area contributed by atoms with Gasteiger partial charge >= 0.3 is 6.18 Å². The number of rotatable bonds is 10. The van der Waals surface area contributed by atoms with Crippen LogP contribution in [0.15, 0.2) is 91.0 Å². The summed E-state index contributed by atoms with van der Waals surface area (Å²) >= 11 is 0. The molecule has 4 aromatic rings. The van der Waals surface area contributed by atoms with E-state index in [4.69, 9.17) is 4.74 Å². The molecular weight excluding hydrogens is 603 g/mol. The fourth-order valence-corrected chi connectivity index (χ4v) is 6.73. The topological polar surface area (TPSA) is 70.7 Å². The molecule has 1 aliphatic carbocycles. The maximum absolute atomic E-state index is 13.4. The minimum atomic E-state index is -4.50. The number of piperidine rings is 1. The molecule has 1 saturated heterocycles. The molecule has 1 unspecified atom stereocenters. The van der Waals surface area contributed by atoms with E-state index in [0.29, 0.717) is 49.4 Å². The zero-order valence-corrected chi connectivity index (χ0v) is 26.3. The van der Waals surface area contributed by atoms with Crippen molar-refractivity contribution in [3.05, 3.63) is 113 Å². The van der Waals surface area contributed by atoms with Crippen LogP contribution in [0.5, 0.6) is 11.5 Å². The molecule has 6 nitrogen and oxygen atoms in total. The Morgan fingerprint density at radius 1 is 0.872 bits per heavy atom. The van der Waals surface area contributed by atoms with Gasteiger partial charge in [0.05, 0.1) is 11.5 Å². The highest BCUT2D eigenvalue weighted by Gasteiger charge is 2.39. The Morgan fingerprint density at radius 3 is 2.32 bits per heavy atom. The minimum Gasteiger partial charge on any atom is -0.457 e. The summed E-state index contributed by atoms with van der Waals surface area (Å²) in [5.41, 5.74) is 5.82. The number of hydrogen-bond acceptors (Lipinski definition) is 4. The van der Waals surface area contributed by atoms with Crippen LogP contribution in [0.25, 0.3) is 11.1 Å². The molecule has 0 spiro atoms. The number of hydrogen-bond donors (Lipinski definition) is 2. The maximum Gasteiger partial charge on any atom is 0.405 e. The number of halogens is 3. The van der Waals surface area contributed by atoms with Crippen molar-refractivity contribution in [2.75, 3.05) is 24.5 Å². The number of carbonyl (C=O) groups is 2. The molecule has 4 aromatic carbocycles. The second kappa shape index (κ2) is 13.9. The van der Waals surface area contributed by atoms with Crippen molar-refractivity contribution in [2.24, 2.45) is 0 Å². The normalized spacial score (nSPS) is 15.9.